The minimum Gasteiger partial charge on any atom is -0.368 e. The fraction of sp³-hybridized carbons (Fsp3) is 0.0909. The number of nitrogens with one attached hydrogen (secondary N) is 2. The van der Waals surface area contributed by atoms with Gasteiger partial charge < -0.3 is 10.6 Å². The van der Waals surface area contributed by atoms with Crippen LogP contribution >= 0.6 is 23.8 Å². The Kier molecular flexibility index (Phi) is 4.95. The number of anilines is 1. The molecule has 0 heterocycles. The molecule has 0 aliphatic heterocycles. The molecule has 0 bridgehead atoms. The van der Waals surface area contributed by atoms with E-state index in [1.807, 2.05) is 0 Å². The number of carbonyl (C=O) groups is 1. The minimum absolute atomic E-state index is 0.125. The van der Waals surface area contributed by atoms with Crippen LogP contribution in [0.25, 0.3) is 0 Å². The molecule has 5 heteroatoms. The van der Waals surface area contributed by atoms with Gasteiger partial charge >= 0.3 is 0 Å². The first-order valence-electron chi connectivity index (χ1n) is 4.59. The van der Waals surface area contributed by atoms with Gasteiger partial charge in [0.2, 0.25) is 0 Å². The molecule has 2 N–H and O–H groups in total. The quantitative estimate of drug-likeness (QED) is 0.643. The lowest BCUT2D eigenvalue weighted by Crippen LogP contribution is -2.33. The van der Waals surface area contributed by atoms with Crippen molar-refractivity contribution in [3.05, 3.63) is 41.9 Å². The number of carbonyl (C=O) groups excluding carboxylic acids is 1. The second-order valence-corrected chi connectivity index (χ2v) is 3.81. The van der Waals surface area contributed by atoms with Crippen molar-refractivity contribution in [2.45, 2.75) is 0 Å². The highest BCUT2D eigenvalue weighted by molar-refractivity contribution is 7.82. The molecule has 0 aliphatic rings. The van der Waals surface area contributed by atoms with Gasteiger partial charge in [-0.3, -0.25) is 4.79 Å². The maximum absolute atomic E-state index is 11.5. The van der Waals surface area contributed by atoms with Crippen molar-refractivity contribution in [3.63, 3.8) is 0 Å². The van der Waals surface area contributed by atoms with E-state index in [2.05, 4.69) is 17.2 Å². The summed E-state index contributed by atoms with van der Waals surface area (Å²) in [4.78, 5) is 11.7. The van der Waals surface area contributed by atoms with E-state index in [1.54, 1.807) is 30.3 Å². The summed E-state index contributed by atoms with van der Waals surface area (Å²) in [6.07, 6.45) is 1.62. The highest BCUT2D eigenvalue weighted by atomic mass is 35.5. The summed E-state index contributed by atoms with van der Waals surface area (Å²) < 4.78 is 0. The van der Waals surface area contributed by atoms with Crippen LogP contribution in [0.5, 0.6) is 0 Å². The SMILES string of the molecule is C=CCNC(=S)C(=O)Nc1cccc(Cl)c1. The normalized spacial score (nSPS) is 9.31. The van der Waals surface area contributed by atoms with Crippen LogP contribution in [-0.4, -0.2) is 17.4 Å². The molecule has 0 aromatic heterocycles. The van der Waals surface area contributed by atoms with Crippen LogP contribution in [-0.2, 0) is 4.79 Å². The van der Waals surface area contributed by atoms with Crippen molar-refractivity contribution >= 4 is 40.4 Å². The topological polar surface area (TPSA) is 41.1 Å². The molecule has 0 unspecified atom stereocenters. The Hall–Kier alpha value is -1.39. The summed E-state index contributed by atoms with van der Waals surface area (Å²) in [6, 6.07) is 6.86. The van der Waals surface area contributed by atoms with Crippen LogP contribution < -0.4 is 10.6 Å². The molecule has 1 amide bonds. The van der Waals surface area contributed by atoms with Gasteiger partial charge in [0.25, 0.3) is 5.91 Å². The van der Waals surface area contributed by atoms with Crippen molar-refractivity contribution in [3.8, 4) is 0 Å². The standard InChI is InChI=1S/C11H11ClN2OS/c1-2-6-13-11(16)10(15)14-9-5-3-4-8(12)7-9/h2-5,7H,1,6H2,(H,13,16)(H,14,15). The Labute approximate surface area is 104 Å². The van der Waals surface area contributed by atoms with Gasteiger partial charge in [0.15, 0.2) is 4.99 Å². The third kappa shape index (κ3) is 4.00. The maximum Gasteiger partial charge on any atom is 0.283 e. The van der Waals surface area contributed by atoms with Gasteiger partial charge in [-0.2, -0.15) is 0 Å². The Bertz CT molecular complexity index is 420. The van der Waals surface area contributed by atoms with Crippen molar-refractivity contribution < 1.29 is 4.79 Å². The van der Waals surface area contributed by atoms with Gasteiger partial charge in [-0.1, -0.05) is 36.0 Å². The number of hydrogen-bond acceptors (Lipinski definition) is 2. The highest BCUT2D eigenvalue weighted by Crippen LogP contribution is 2.14. The lowest BCUT2D eigenvalue weighted by Gasteiger charge is -2.07. The number of benzene rings is 1. The first-order chi connectivity index (χ1) is 7.63. The first kappa shape index (κ1) is 12.7. The molecule has 0 saturated heterocycles. The molecule has 3 nitrogen and oxygen atoms in total. The fourth-order valence-electron chi connectivity index (χ4n) is 0.999. The third-order valence-corrected chi connectivity index (χ3v) is 2.26. The first-order valence-corrected chi connectivity index (χ1v) is 5.37. The summed E-state index contributed by atoms with van der Waals surface area (Å²) in [5, 5.41) is 5.92. The van der Waals surface area contributed by atoms with Crippen LogP contribution in [0.4, 0.5) is 5.69 Å². The lowest BCUT2D eigenvalue weighted by atomic mass is 10.3. The molecule has 0 radical (unpaired) electrons. The van der Waals surface area contributed by atoms with Crippen molar-refractivity contribution in [1.82, 2.24) is 5.32 Å². The van der Waals surface area contributed by atoms with Gasteiger partial charge in [0, 0.05) is 17.3 Å². The van der Waals surface area contributed by atoms with Gasteiger partial charge in [-0.25, -0.2) is 0 Å². The zero-order valence-electron chi connectivity index (χ0n) is 8.50. The fourth-order valence-corrected chi connectivity index (χ4v) is 1.32. The molecule has 1 aromatic rings. The zero-order chi connectivity index (χ0) is 12.0. The molecule has 0 spiro atoms. The van der Waals surface area contributed by atoms with Crippen LogP contribution in [0.1, 0.15) is 0 Å². The average Bonchev–Trinajstić information content (AvgIpc) is 2.25. The van der Waals surface area contributed by atoms with E-state index in [4.69, 9.17) is 23.8 Å². The second-order valence-electron chi connectivity index (χ2n) is 2.96. The highest BCUT2D eigenvalue weighted by Gasteiger charge is 2.07. The van der Waals surface area contributed by atoms with Crippen LogP contribution in [0.2, 0.25) is 5.02 Å². The number of rotatable bonds is 3. The van der Waals surface area contributed by atoms with Crippen molar-refractivity contribution in [2.75, 3.05) is 11.9 Å². The molecule has 84 valence electrons. The predicted octanol–water partition coefficient (Wildman–Crippen LogP) is 2.38. The lowest BCUT2D eigenvalue weighted by molar-refractivity contribution is -0.110. The Morgan fingerprint density at radius 2 is 2.31 bits per heavy atom. The van der Waals surface area contributed by atoms with Crippen LogP contribution in [0, 0.1) is 0 Å². The number of thiocarbonyl (C=S) groups is 1. The van der Waals surface area contributed by atoms with E-state index in [-0.39, 0.29) is 10.9 Å². The zero-order valence-corrected chi connectivity index (χ0v) is 10.1. The summed E-state index contributed by atoms with van der Waals surface area (Å²) in [5.74, 6) is -0.362. The molecule has 1 rings (SSSR count). The summed E-state index contributed by atoms with van der Waals surface area (Å²) in [7, 11) is 0. The monoisotopic (exact) mass is 254 g/mol. The molecular weight excluding hydrogens is 244 g/mol. The van der Waals surface area contributed by atoms with E-state index in [9.17, 15) is 4.79 Å². The van der Waals surface area contributed by atoms with Gasteiger partial charge in [0.1, 0.15) is 0 Å². The molecule has 0 aliphatic carbocycles. The van der Waals surface area contributed by atoms with Crippen molar-refractivity contribution in [2.24, 2.45) is 0 Å². The third-order valence-electron chi connectivity index (χ3n) is 1.70. The molecule has 0 fully saturated rings. The van der Waals surface area contributed by atoms with Gasteiger partial charge in [0.05, 0.1) is 0 Å². The average molecular weight is 255 g/mol. The Balaban J connectivity index is 2.57. The van der Waals surface area contributed by atoms with E-state index < -0.39 is 0 Å². The number of amides is 1. The number of halogens is 1. The summed E-state index contributed by atoms with van der Waals surface area (Å²) in [5.41, 5.74) is 0.611. The van der Waals surface area contributed by atoms with Crippen LogP contribution in [0.15, 0.2) is 36.9 Å². The van der Waals surface area contributed by atoms with Gasteiger partial charge in [-0.05, 0) is 18.2 Å². The maximum atomic E-state index is 11.5. The summed E-state index contributed by atoms with van der Waals surface area (Å²) in [6.45, 7) is 3.98. The Morgan fingerprint density at radius 3 is 2.94 bits per heavy atom. The van der Waals surface area contributed by atoms with Crippen LogP contribution in [0.3, 0.4) is 0 Å². The molecule has 0 saturated carbocycles. The predicted molar refractivity (Wildman–Crippen MR) is 70.9 cm³/mol. The second kappa shape index (κ2) is 6.25. The Morgan fingerprint density at radius 1 is 1.56 bits per heavy atom. The molecule has 1 aromatic carbocycles. The molecule has 0 atom stereocenters. The van der Waals surface area contributed by atoms with E-state index in [0.717, 1.165) is 0 Å². The largest absolute Gasteiger partial charge is 0.368 e. The molecular formula is C11H11ClN2OS. The van der Waals surface area contributed by atoms with E-state index in [1.165, 1.54) is 0 Å². The van der Waals surface area contributed by atoms with E-state index >= 15 is 0 Å². The molecule has 16 heavy (non-hydrogen) atoms. The number of hydrogen-bond donors (Lipinski definition) is 2. The van der Waals surface area contributed by atoms with E-state index in [0.29, 0.717) is 17.3 Å². The van der Waals surface area contributed by atoms with Crippen molar-refractivity contribution in [1.29, 1.82) is 0 Å². The minimum atomic E-state index is -0.362. The summed E-state index contributed by atoms with van der Waals surface area (Å²) >= 11 is 10.6. The smallest absolute Gasteiger partial charge is 0.283 e. The van der Waals surface area contributed by atoms with Gasteiger partial charge in [-0.15, -0.1) is 6.58 Å².